The third-order valence-electron chi connectivity index (χ3n) is 3.83. The zero-order chi connectivity index (χ0) is 14.1. The Kier molecular flexibility index (Phi) is 3.03. The summed E-state index contributed by atoms with van der Waals surface area (Å²) in [6.07, 6.45) is 7.17. The highest BCUT2D eigenvalue weighted by Gasteiger charge is 2.24. The first-order valence-corrected chi connectivity index (χ1v) is 7.26. The van der Waals surface area contributed by atoms with Crippen LogP contribution in [0.4, 0.5) is 6.01 Å². The van der Waals surface area contributed by atoms with Crippen LogP contribution in [0.1, 0.15) is 24.3 Å². The zero-order valence-corrected chi connectivity index (χ0v) is 11.6. The van der Waals surface area contributed by atoms with Gasteiger partial charge in [0, 0.05) is 30.7 Å². The number of hydrogen-bond acceptors (Lipinski definition) is 5. The number of fused-ring (bicyclic) bond motifs is 1. The highest BCUT2D eigenvalue weighted by molar-refractivity contribution is 5.84. The van der Waals surface area contributed by atoms with E-state index in [0.717, 1.165) is 23.6 Å². The van der Waals surface area contributed by atoms with Crippen molar-refractivity contribution in [2.75, 3.05) is 5.32 Å². The summed E-state index contributed by atoms with van der Waals surface area (Å²) in [6, 6.07) is 8.71. The molecular formula is C16H16N4O. The average molecular weight is 280 g/mol. The molecule has 0 aliphatic heterocycles. The van der Waals surface area contributed by atoms with E-state index >= 15 is 0 Å². The van der Waals surface area contributed by atoms with Crippen molar-refractivity contribution in [3.8, 4) is 0 Å². The molecule has 4 rings (SSSR count). The van der Waals surface area contributed by atoms with E-state index in [2.05, 4.69) is 32.6 Å². The fraction of sp³-hybridized carbons (Fsp3) is 0.312. The van der Waals surface area contributed by atoms with Gasteiger partial charge in [0.1, 0.15) is 0 Å². The van der Waals surface area contributed by atoms with Gasteiger partial charge in [-0.1, -0.05) is 23.3 Å². The van der Waals surface area contributed by atoms with E-state index < -0.39 is 0 Å². The number of anilines is 1. The lowest BCUT2D eigenvalue weighted by atomic mass is 10.1. The SMILES string of the molecule is c1cc(CNc2nnc(CC3CC3)o2)c2ccncc2c1. The largest absolute Gasteiger partial charge is 0.408 e. The van der Waals surface area contributed by atoms with E-state index in [4.69, 9.17) is 4.42 Å². The lowest BCUT2D eigenvalue weighted by molar-refractivity contribution is 0.491. The Labute approximate surface area is 122 Å². The Morgan fingerprint density at radius 3 is 3.05 bits per heavy atom. The smallest absolute Gasteiger partial charge is 0.315 e. The molecule has 1 aliphatic carbocycles. The summed E-state index contributed by atoms with van der Waals surface area (Å²) in [5.74, 6) is 1.49. The number of nitrogens with zero attached hydrogens (tertiary/aromatic N) is 3. The molecule has 1 N–H and O–H groups in total. The Morgan fingerprint density at radius 1 is 1.19 bits per heavy atom. The van der Waals surface area contributed by atoms with Crippen LogP contribution in [0.25, 0.3) is 10.8 Å². The molecular weight excluding hydrogens is 264 g/mol. The number of rotatable bonds is 5. The van der Waals surface area contributed by atoms with Crippen LogP contribution >= 0.6 is 0 Å². The van der Waals surface area contributed by atoms with E-state index in [9.17, 15) is 0 Å². The van der Waals surface area contributed by atoms with E-state index in [0.29, 0.717) is 12.6 Å². The van der Waals surface area contributed by atoms with Crippen molar-refractivity contribution in [2.24, 2.45) is 5.92 Å². The lowest BCUT2D eigenvalue weighted by Crippen LogP contribution is -2.00. The molecule has 2 aromatic heterocycles. The van der Waals surface area contributed by atoms with Gasteiger partial charge in [0.25, 0.3) is 0 Å². The minimum Gasteiger partial charge on any atom is -0.408 e. The Balaban J connectivity index is 1.48. The first-order valence-electron chi connectivity index (χ1n) is 7.26. The number of nitrogens with one attached hydrogen (secondary N) is 1. The molecule has 0 radical (unpaired) electrons. The summed E-state index contributed by atoms with van der Waals surface area (Å²) in [5.41, 5.74) is 1.19. The lowest BCUT2D eigenvalue weighted by Gasteiger charge is -2.06. The van der Waals surface area contributed by atoms with Crippen LogP contribution in [0.2, 0.25) is 0 Å². The van der Waals surface area contributed by atoms with Gasteiger partial charge in [0.2, 0.25) is 5.89 Å². The molecule has 1 aromatic carbocycles. The molecule has 0 atom stereocenters. The maximum atomic E-state index is 5.62. The number of aromatic nitrogens is 3. The van der Waals surface area contributed by atoms with Crippen LogP contribution in [-0.2, 0) is 13.0 Å². The topological polar surface area (TPSA) is 63.8 Å². The van der Waals surface area contributed by atoms with Crippen LogP contribution in [0.5, 0.6) is 0 Å². The summed E-state index contributed by atoms with van der Waals surface area (Å²) in [4.78, 5) is 4.15. The third-order valence-corrected chi connectivity index (χ3v) is 3.83. The Bertz CT molecular complexity index is 758. The molecule has 3 aromatic rings. The van der Waals surface area contributed by atoms with E-state index in [-0.39, 0.29) is 0 Å². The summed E-state index contributed by atoms with van der Waals surface area (Å²) in [6.45, 7) is 0.659. The molecule has 2 heterocycles. The summed E-state index contributed by atoms with van der Waals surface area (Å²) >= 11 is 0. The van der Waals surface area contributed by atoms with Crippen molar-refractivity contribution < 1.29 is 4.42 Å². The summed E-state index contributed by atoms with van der Waals surface area (Å²) < 4.78 is 5.62. The highest BCUT2D eigenvalue weighted by atomic mass is 16.4. The molecule has 0 amide bonds. The van der Waals surface area contributed by atoms with Gasteiger partial charge in [0.05, 0.1) is 0 Å². The molecule has 1 saturated carbocycles. The second-order valence-corrected chi connectivity index (χ2v) is 5.52. The number of pyridine rings is 1. The van der Waals surface area contributed by atoms with Crippen molar-refractivity contribution >= 4 is 16.8 Å². The number of benzene rings is 1. The summed E-state index contributed by atoms with van der Waals surface area (Å²) in [5, 5.41) is 13.7. The fourth-order valence-corrected chi connectivity index (χ4v) is 2.49. The first kappa shape index (κ1) is 12.3. The fourth-order valence-electron chi connectivity index (χ4n) is 2.49. The van der Waals surface area contributed by atoms with Crippen molar-refractivity contribution in [2.45, 2.75) is 25.8 Å². The molecule has 0 saturated heterocycles. The van der Waals surface area contributed by atoms with Crippen LogP contribution in [-0.4, -0.2) is 15.2 Å². The minimum absolute atomic E-state index is 0.497. The minimum atomic E-state index is 0.497. The monoisotopic (exact) mass is 280 g/mol. The van der Waals surface area contributed by atoms with E-state index in [1.165, 1.54) is 23.8 Å². The van der Waals surface area contributed by atoms with Crippen molar-refractivity contribution in [1.29, 1.82) is 0 Å². The van der Waals surface area contributed by atoms with Crippen LogP contribution in [0, 0.1) is 5.92 Å². The van der Waals surface area contributed by atoms with Crippen LogP contribution in [0.3, 0.4) is 0 Å². The van der Waals surface area contributed by atoms with Gasteiger partial charge in [0.15, 0.2) is 0 Å². The van der Waals surface area contributed by atoms with Gasteiger partial charge >= 0.3 is 6.01 Å². The van der Waals surface area contributed by atoms with Gasteiger partial charge in [-0.2, -0.15) is 0 Å². The molecule has 1 fully saturated rings. The molecule has 5 heteroatoms. The molecule has 0 unspecified atom stereocenters. The zero-order valence-electron chi connectivity index (χ0n) is 11.6. The van der Waals surface area contributed by atoms with Gasteiger partial charge in [-0.15, -0.1) is 5.10 Å². The standard InChI is InChI=1S/C16H16N4O/c1-2-12-9-17-7-6-14(12)13(3-1)10-18-16-20-19-15(21-16)8-11-4-5-11/h1-3,6-7,9,11H,4-5,8,10H2,(H,18,20). The Morgan fingerprint density at radius 2 is 2.14 bits per heavy atom. The van der Waals surface area contributed by atoms with Gasteiger partial charge in [-0.05, 0) is 35.8 Å². The van der Waals surface area contributed by atoms with Crippen LogP contribution < -0.4 is 5.32 Å². The first-order chi connectivity index (χ1) is 10.4. The molecule has 5 nitrogen and oxygen atoms in total. The van der Waals surface area contributed by atoms with E-state index in [1.807, 2.05) is 24.5 Å². The molecule has 0 bridgehead atoms. The normalized spacial score (nSPS) is 14.5. The average Bonchev–Trinajstić information content (AvgIpc) is 3.22. The Hall–Kier alpha value is -2.43. The molecule has 1 aliphatic rings. The predicted molar refractivity (Wildman–Crippen MR) is 79.8 cm³/mol. The second-order valence-electron chi connectivity index (χ2n) is 5.52. The molecule has 21 heavy (non-hydrogen) atoms. The summed E-state index contributed by atoms with van der Waals surface area (Å²) in [7, 11) is 0. The number of hydrogen-bond donors (Lipinski definition) is 1. The van der Waals surface area contributed by atoms with Gasteiger partial charge in [-0.25, -0.2) is 0 Å². The third kappa shape index (κ3) is 2.72. The molecule has 0 spiro atoms. The second kappa shape index (κ2) is 5.16. The predicted octanol–water partition coefficient (Wildman–Crippen LogP) is 3.18. The molecule has 106 valence electrons. The van der Waals surface area contributed by atoms with Crippen molar-refractivity contribution in [1.82, 2.24) is 15.2 Å². The van der Waals surface area contributed by atoms with Gasteiger partial charge in [-0.3, -0.25) is 4.98 Å². The van der Waals surface area contributed by atoms with Crippen LogP contribution in [0.15, 0.2) is 41.1 Å². The van der Waals surface area contributed by atoms with Crippen molar-refractivity contribution in [3.05, 3.63) is 48.1 Å². The van der Waals surface area contributed by atoms with Crippen molar-refractivity contribution in [3.63, 3.8) is 0 Å². The quantitative estimate of drug-likeness (QED) is 0.777. The maximum absolute atomic E-state index is 5.62. The van der Waals surface area contributed by atoms with E-state index in [1.54, 1.807) is 0 Å². The highest BCUT2D eigenvalue weighted by Crippen LogP contribution is 2.32. The van der Waals surface area contributed by atoms with Gasteiger partial charge < -0.3 is 9.73 Å². The maximum Gasteiger partial charge on any atom is 0.315 e.